The molecule has 0 spiro atoms. The van der Waals surface area contributed by atoms with E-state index >= 15 is 0 Å². The van der Waals surface area contributed by atoms with Gasteiger partial charge in [-0.25, -0.2) is 0 Å². The lowest BCUT2D eigenvalue weighted by molar-refractivity contribution is 0.355. The molecule has 1 aliphatic rings. The number of imidazole rings is 1. The summed E-state index contributed by atoms with van der Waals surface area (Å²) in [4.78, 5) is 3.26. The summed E-state index contributed by atoms with van der Waals surface area (Å²) in [5, 5.41) is 0. The zero-order valence-corrected chi connectivity index (χ0v) is 12.6. The molecule has 1 aromatic carbocycles. The molecule has 0 amide bonds. The van der Waals surface area contributed by atoms with Crippen LogP contribution in [0, 0.1) is 4.77 Å². The third-order valence-electron chi connectivity index (χ3n) is 3.49. The predicted octanol–water partition coefficient (Wildman–Crippen LogP) is 3.39. The molecule has 1 atom stereocenters. The zero-order valence-electron chi connectivity index (χ0n) is 10.9. The van der Waals surface area contributed by atoms with Crippen LogP contribution in [0.4, 0.5) is 0 Å². The molecule has 0 radical (unpaired) electrons. The number of benzene rings is 1. The largest absolute Gasteiger partial charge is 0.493 e. The summed E-state index contributed by atoms with van der Waals surface area (Å²) >= 11 is 7.44. The van der Waals surface area contributed by atoms with Crippen LogP contribution >= 0.6 is 24.0 Å². The fraction of sp³-hybridized carbons (Fsp3) is 0.462. The van der Waals surface area contributed by atoms with E-state index in [0.29, 0.717) is 6.04 Å². The Balaban J connectivity index is 2.21. The van der Waals surface area contributed by atoms with E-state index in [-0.39, 0.29) is 0 Å². The summed E-state index contributed by atoms with van der Waals surface area (Å²) in [7, 11) is 3.30. The molecule has 0 aliphatic carbocycles. The van der Waals surface area contributed by atoms with Crippen LogP contribution in [-0.2, 0) is 0 Å². The molecule has 2 heterocycles. The van der Waals surface area contributed by atoms with E-state index in [1.807, 2.05) is 23.9 Å². The first-order valence-corrected chi connectivity index (χ1v) is 7.75. The average molecular weight is 296 g/mol. The van der Waals surface area contributed by atoms with Crippen molar-refractivity contribution in [3.63, 3.8) is 0 Å². The highest BCUT2D eigenvalue weighted by Crippen LogP contribution is 2.36. The maximum absolute atomic E-state index is 5.47. The molecule has 1 N–H and O–H groups in total. The lowest BCUT2D eigenvalue weighted by Crippen LogP contribution is -2.07. The first-order chi connectivity index (χ1) is 9.24. The monoisotopic (exact) mass is 296 g/mol. The second kappa shape index (κ2) is 5.09. The zero-order chi connectivity index (χ0) is 13.4. The summed E-state index contributed by atoms with van der Waals surface area (Å²) in [6.45, 7) is 0. The van der Waals surface area contributed by atoms with Gasteiger partial charge in [-0.05, 0) is 24.4 Å². The molecule has 1 fully saturated rings. The van der Waals surface area contributed by atoms with Gasteiger partial charge in [-0.1, -0.05) is 0 Å². The molecule has 4 nitrogen and oxygen atoms in total. The molecular formula is C13H16N2O2S2. The van der Waals surface area contributed by atoms with Crippen LogP contribution in [0.5, 0.6) is 11.5 Å². The summed E-state index contributed by atoms with van der Waals surface area (Å²) < 4.78 is 13.7. The maximum atomic E-state index is 5.47. The van der Waals surface area contributed by atoms with Crippen LogP contribution in [0.15, 0.2) is 12.1 Å². The molecule has 102 valence electrons. The topological polar surface area (TPSA) is 39.2 Å². The van der Waals surface area contributed by atoms with Crippen molar-refractivity contribution < 1.29 is 9.47 Å². The van der Waals surface area contributed by atoms with Gasteiger partial charge in [0.15, 0.2) is 16.3 Å². The highest BCUT2D eigenvalue weighted by Gasteiger charge is 2.21. The Kier molecular flexibility index (Phi) is 3.45. The fourth-order valence-corrected chi connectivity index (χ4v) is 4.09. The van der Waals surface area contributed by atoms with E-state index in [1.165, 1.54) is 12.2 Å². The van der Waals surface area contributed by atoms with Gasteiger partial charge in [-0.3, -0.25) is 0 Å². The van der Waals surface area contributed by atoms with E-state index < -0.39 is 0 Å². The SMILES string of the molecule is COc1cc2[nH]c(=S)n(C3CCSC3)c2cc1OC. The van der Waals surface area contributed by atoms with Crippen LogP contribution in [0.3, 0.4) is 0 Å². The molecule has 0 saturated carbocycles. The van der Waals surface area contributed by atoms with Gasteiger partial charge in [0.25, 0.3) is 0 Å². The second-order valence-electron chi connectivity index (χ2n) is 4.54. The summed E-state index contributed by atoms with van der Waals surface area (Å²) in [5.41, 5.74) is 2.09. The first kappa shape index (κ1) is 12.9. The third kappa shape index (κ3) is 2.12. The number of H-pyrrole nitrogens is 1. The Labute approximate surface area is 121 Å². The number of ether oxygens (including phenoxy) is 2. The van der Waals surface area contributed by atoms with Crippen molar-refractivity contribution in [1.29, 1.82) is 0 Å². The van der Waals surface area contributed by atoms with Gasteiger partial charge in [0.05, 0.1) is 25.3 Å². The van der Waals surface area contributed by atoms with E-state index in [4.69, 9.17) is 21.7 Å². The van der Waals surface area contributed by atoms with Crippen molar-refractivity contribution in [3.8, 4) is 11.5 Å². The van der Waals surface area contributed by atoms with Crippen molar-refractivity contribution in [3.05, 3.63) is 16.9 Å². The Hall–Kier alpha value is -1.14. The molecule has 2 aromatic rings. The molecular weight excluding hydrogens is 280 g/mol. The normalized spacial score (nSPS) is 18.9. The Morgan fingerprint density at radius 1 is 1.32 bits per heavy atom. The maximum Gasteiger partial charge on any atom is 0.178 e. The fourth-order valence-electron chi connectivity index (χ4n) is 2.54. The van der Waals surface area contributed by atoms with Gasteiger partial charge in [0, 0.05) is 23.9 Å². The first-order valence-electron chi connectivity index (χ1n) is 6.18. The Morgan fingerprint density at radius 2 is 2.05 bits per heavy atom. The van der Waals surface area contributed by atoms with E-state index in [2.05, 4.69) is 9.55 Å². The molecule has 3 rings (SSSR count). The number of thioether (sulfide) groups is 1. The van der Waals surface area contributed by atoms with Crippen LogP contribution in [0.2, 0.25) is 0 Å². The van der Waals surface area contributed by atoms with Gasteiger partial charge >= 0.3 is 0 Å². The number of nitrogens with one attached hydrogen (secondary N) is 1. The van der Waals surface area contributed by atoms with Crippen molar-refractivity contribution >= 4 is 35.0 Å². The molecule has 1 aliphatic heterocycles. The molecule has 1 saturated heterocycles. The van der Waals surface area contributed by atoms with Gasteiger partial charge in [0.1, 0.15) is 0 Å². The highest BCUT2D eigenvalue weighted by atomic mass is 32.2. The standard InChI is InChI=1S/C13H16N2O2S2/c1-16-11-5-9-10(6-12(11)17-2)15(13(18)14-9)8-3-4-19-7-8/h5-6,8H,3-4,7H2,1-2H3,(H,14,18). The van der Waals surface area contributed by atoms with Crippen molar-refractivity contribution in [2.45, 2.75) is 12.5 Å². The molecule has 1 unspecified atom stereocenters. The van der Waals surface area contributed by atoms with Gasteiger partial charge < -0.3 is 19.0 Å². The van der Waals surface area contributed by atoms with Crippen LogP contribution in [0.25, 0.3) is 11.0 Å². The summed E-state index contributed by atoms with van der Waals surface area (Å²) in [6, 6.07) is 4.43. The number of aromatic nitrogens is 2. The van der Waals surface area contributed by atoms with Crippen molar-refractivity contribution in [2.24, 2.45) is 0 Å². The molecule has 19 heavy (non-hydrogen) atoms. The number of nitrogens with zero attached hydrogens (tertiary/aromatic N) is 1. The lowest BCUT2D eigenvalue weighted by atomic mass is 10.2. The number of hydrogen-bond acceptors (Lipinski definition) is 4. The second-order valence-corrected chi connectivity index (χ2v) is 6.08. The van der Waals surface area contributed by atoms with Gasteiger partial charge in [0.2, 0.25) is 0 Å². The number of fused-ring (bicyclic) bond motifs is 1. The average Bonchev–Trinajstić information content (AvgIpc) is 3.02. The Bertz CT molecular complexity index is 656. The highest BCUT2D eigenvalue weighted by molar-refractivity contribution is 7.99. The van der Waals surface area contributed by atoms with Crippen LogP contribution in [-0.4, -0.2) is 35.3 Å². The lowest BCUT2D eigenvalue weighted by Gasteiger charge is -2.13. The minimum absolute atomic E-state index is 0.476. The minimum Gasteiger partial charge on any atom is -0.493 e. The minimum atomic E-state index is 0.476. The quantitative estimate of drug-likeness (QED) is 0.881. The van der Waals surface area contributed by atoms with E-state index in [9.17, 15) is 0 Å². The van der Waals surface area contributed by atoms with Crippen LogP contribution in [0.1, 0.15) is 12.5 Å². The number of methoxy groups -OCH3 is 2. The van der Waals surface area contributed by atoms with Gasteiger partial charge in [-0.2, -0.15) is 11.8 Å². The smallest absolute Gasteiger partial charge is 0.178 e. The number of hydrogen-bond donors (Lipinski definition) is 1. The number of aromatic amines is 1. The predicted molar refractivity (Wildman–Crippen MR) is 81.2 cm³/mol. The van der Waals surface area contributed by atoms with E-state index in [1.54, 1.807) is 14.2 Å². The summed E-state index contributed by atoms with van der Waals surface area (Å²) in [5.74, 6) is 3.78. The Morgan fingerprint density at radius 3 is 2.68 bits per heavy atom. The molecule has 6 heteroatoms. The number of rotatable bonds is 3. The summed E-state index contributed by atoms with van der Waals surface area (Å²) in [6.07, 6.45) is 1.17. The van der Waals surface area contributed by atoms with Crippen molar-refractivity contribution in [2.75, 3.05) is 25.7 Å². The van der Waals surface area contributed by atoms with Crippen LogP contribution < -0.4 is 9.47 Å². The van der Waals surface area contributed by atoms with E-state index in [0.717, 1.165) is 33.1 Å². The molecule has 0 bridgehead atoms. The van der Waals surface area contributed by atoms with Crippen molar-refractivity contribution in [1.82, 2.24) is 9.55 Å². The van der Waals surface area contributed by atoms with Gasteiger partial charge in [-0.15, -0.1) is 0 Å². The molecule has 1 aromatic heterocycles. The third-order valence-corrected chi connectivity index (χ3v) is 4.94.